The number of alkyl halides is 3. The number of aliphatic hydroxyl groups is 1. The van der Waals surface area contributed by atoms with E-state index in [-0.39, 0.29) is 18.5 Å². The van der Waals surface area contributed by atoms with Gasteiger partial charge in [0.1, 0.15) is 0 Å². The van der Waals surface area contributed by atoms with Gasteiger partial charge in [-0.25, -0.2) is 4.79 Å². The van der Waals surface area contributed by atoms with E-state index in [4.69, 9.17) is 4.74 Å². The predicted octanol–water partition coefficient (Wildman–Crippen LogP) is 3.06. The van der Waals surface area contributed by atoms with Crippen LogP contribution in [-0.2, 0) is 22.3 Å². The van der Waals surface area contributed by atoms with Gasteiger partial charge in [0.2, 0.25) is 0 Å². The van der Waals surface area contributed by atoms with Gasteiger partial charge in [0.05, 0.1) is 5.56 Å². The molecule has 0 spiro atoms. The van der Waals surface area contributed by atoms with Gasteiger partial charge in [-0.2, -0.15) is 13.2 Å². The molecule has 0 aromatic heterocycles. The van der Waals surface area contributed by atoms with Crippen LogP contribution in [0, 0.1) is 0 Å². The first-order valence-corrected chi connectivity index (χ1v) is 8.42. The molecule has 28 heavy (non-hydrogen) atoms. The van der Waals surface area contributed by atoms with Crippen LogP contribution in [0.2, 0.25) is 0 Å². The first-order chi connectivity index (χ1) is 13.2. The number of para-hydroxylation sites is 1. The van der Waals surface area contributed by atoms with Crippen LogP contribution in [0.3, 0.4) is 0 Å². The van der Waals surface area contributed by atoms with Gasteiger partial charge in [-0.15, -0.1) is 0 Å². The van der Waals surface area contributed by atoms with Gasteiger partial charge in [-0.05, 0) is 23.8 Å². The zero-order chi connectivity index (χ0) is 20.4. The van der Waals surface area contributed by atoms with Crippen molar-refractivity contribution in [3.8, 4) is 0 Å². The molecule has 0 radical (unpaired) electrons. The van der Waals surface area contributed by atoms with Crippen LogP contribution >= 0.6 is 0 Å². The van der Waals surface area contributed by atoms with Crippen molar-refractivity contribution < 1.29 is 32.6 Å². The fourth-order valence-electron chi connectivity index (χ4n) is 2.94. The molecule has 2 aromatic rings. The Kier molecular flexibility index (Phi) is 5.28. The molecule has 2 aromatic carbocycles. The summed E-state index contributed by atoms with van der Waals surface area (Å²) in [5.41, 5.74) is -0.518. The number of alkyl carbamates (subject to hydrolysis) is 1. The van der Waals surface area contributed by atoms with Gasteiger partial charge in [0, 0.05) is 25.2 Å². The number of benzene rings is 2. The Hall–Kier alpha value is -3.07. The lowest BCUT2D eigenvalue weighted by Gasteiger charge is -2.22. The van der Waals surface area contributed by atoms with E-state index >= 15 is 0 Å². The third-order valence-electron chi connectivity index (χ3n) is 4.33. The number of anilines is 1. The summed E-state index contributed by atoms with van der Waals surface area (Å²) in [7, 11) is 0. The van der Waals surface area contributed by atoms with Gasteiger partial charge < -0.3 is 20.1 Å². The molecule has 2 amide bonds. The Morgan fingerprint density at radius 2 is 1.79 bits per heavy atom. The monoisotopic (exact) mass is 394 g/mol. The Morgan fingerprint density at radius 1 is 1.14 bits per heavy atom. The number of ether oxygens (including phenoxy) is 1. The second-order valence-corrected chi connectivity index (χ2v) is 6.22. The van der Waals surface area contributed by atoms with Crippen LogP contribution in [0.1, 0.15) is 17.5 Å². The lowest BCUT2D eigenvalue weighted by Crippen LogP contribution is -2.46. The molecule has 0 saturated carbocycles. The molecule has 1 heterocycles. The lowest BCUT2D eigenvalue weighted by molar-refractivity contribution is -0.175. The van der Waals surface area contributed by atoms with Gasteiger partial charge >= 0.3 is 12.3 Å². The fourth-order valence-corrected chi connectivity index (χ4v) is 2.94. The van der Waals surface area contributed by atoms with E-state index in [2.05, 4.69) is 5.32 Å². The topological polar surface area (TPSA) is 78.9 Å². The highest BCUT2D eigenvalue weighted by Crippen LogP contribution is 2.32. The molecule has 1 fully saturated rings. The number of amides is 2. The van der Waals surface area contributed by atoms with Crippen molar-refractivity contribution in [2.24, 2.45) is 0 Å². The maximum Gasteiger partial charge on any atom is 0.416 e. The van der Waals surface area contributed by atoms with Gasteiger partial charge in [0.15, 0.2) is 0 Å². The maximum atomic E-state index is 13.0. The predicted molar refractivity (Wildman–Crippen MR) is 93.1 cm³/mol. The summed E-state index contributed by atoms with van der Waals surface area (Å²) in [5, 5.41) is 12.5. The van der Waals surface area contributed by atoms with Gasteiger partial charge in [-0.1, -0.05) is 36.4 Å². The molecule has 1 aliphatic rings. The number of halogens is 3. The summed E-state index contributed by atoms with van der Waals surface area (Å²) in [6.45, 7) is -0.343. The average molecular weight is 394 g/mol. The molecule has 6 nitrogen and oxygen atoms in total. The second-order valence-electron chi connectivity index (χ2n) is 6.22. The van der Waals surface area contributed by atoms with E-state index in [1.807, 2.05) is 0 Å². The normalized spacial score (nSPS) is 19.6. The minimum Gasteiger partial charge on any atom is -0.407 e. The summed E-state index contributed by atoms with van der Waals surface area (Å²) in [6, 6.07) is 13.3. The molecule has 2 N–H and O–H groups in total. The number of carbonyl (C=O) groups is 2. The minimum absolute atomic E-state index is 0.129. The average Bonchev–Trinajstić information content (AvgIpc) is 2.95. The molecule has 0 bridgehead atoms. The minimum atomic E-state index is -4.57. The molecule has 3 rings (SSSR count). The summed E-state index contributed by atoms with van der Waals surface area (Å²) < 4.78 is 43.8. The quantitative estimate of drug-likeness (QED) is 0.782. The molecular weight excluding hydrogens is 377 g/mol. The number of nitrogens with zero attached hydrogens (tertiary/aromatic N) is 1. The first-order valence-electron chi connectivity index (χ1n) is 8.42. The van der Waals surface area contributed by atoms with E-state index in [0.717, 1.165) is 6.07 Å². The van der Waals surface area contributed by atoms with Gasteiger partial charge in [-0.3, -0.25) is 4.79 Å². The Labute approximate surface area is 158 Å². The highest BCUT2D eigenvalue weighted by atomic mass is 19.4. The third-order valence-corrected chi connectivity index (χ3v) is 4.33. The summed E-state index contributed by atoms with van der Waals surface area (Å²) in [4.78, 5) is 25.7. The molecule has 1 saturated heterocycles. The fraction of sp³-hybridized carbons (Fsp3) is 0.263. The zero-order valence-corrected chi connectivity index (χ0v) is 14.6. The summed E-state index contributed by atoms with van der Waals surface area (Å²) in [5.74, 6) is -3.19. The Morgan fingerprint density at radius 3 is 2.46 bits per heavy atom. The van der Waals surface area contributed by atoms with Crippen molar-refractivity contribution in [1.29, 1.82) is 0 Å². The highest BCUT2D eigenvalue weighted by molar-refractivity contribution is 6.01. The third kappa shape index (κ3) is 4.09. The molecule has 9 heteroatoms. The molecule has 0 unspecified atom stereocenters. The molecule has 148 valence electrons. The van der Waals surface area contributed by atoms with Crippen LogP contribution in [0.25, 0.3) is 0 Å². The van der Waals surface area contributed by atoms with E-state index in [1.54, 1.807) is 30.3 Å². The largest absolute Gasteiger partial charge is 0.416 e. The second kappa shape index (κ2) is 7.51. The van der Waals surface area contributed by atoms with Crippen molar-refractivity contribution in [3.05, 3.63) is 65.7 Å². The summed E-state index contributed by atoms with van der Waals surface area (Å²) in [6.07, 6.45) is -5.92. The van der Waals surface area contributed by atoms with Crippen LogP contribution in [0.15, 0.2) is 54.6 Å². The van der Waals surface area contributed by atoms with Crippen molar-refractivity contribution in [2.45, 2.75) is 24.9 Å². The van der Waals surface area contributed by atoms with E-state index in [9.17, 15) is 27.9 Å². The van der Waals surface area contributed by atoms with Crippen LogP contribution in [-0.4, -0.2) is 29.4 Å². The standard InChI is InChI=1S/C19H17F3N2O4/c20-19(21,22)15-9-5-4-6-13(15)12-23-17(26)28-18(27)10-11-24(16(18)25)14-7-2-1-3-8-14/h1-9,27H,10-12H2,(H,23,26)/t18-/m0/s1. The van der Waals surface area contributed by atoms with Crippen LogP contribution in [0.4, 0.5) is 23.7 Å². The molecule has 0 aliphatic carbocycles. The lowest BCUT2D eigenvalue weighted by atomic mass is 10.1. The highest BCUT2D eigenvalue weighted by Gasteiger charge is 2.49. The van der Waals surface area contributed by atoms with E-state index in [0.29, 0.717) is 5.69 Å². The number of hydrogen-bond donors (Lipinski definition) is 2. The van der Waals surface area contributed by atoms with Gasteiger partial charge in [0.25, 0.3) is 11.7 Å². The molecular formula is C19H17F3N2O4. The number of hydrogen-bond acceptors (Lipinski definition) is 4. The molecule has 1 atom stereocenters. The van der Waals surface area contributed by atoms with Crippen LogP contribution < -0.4 is 10.2 Å². The number of carbonyl (C=O) groups excluding carboxylic acids is 2. The summed E-state index contributed by atoms with van der Waals surface area (Å²) >= 11 is 0. The van der Waals surface area contributed by atoms with Crippen molar-refractivity contribution in [3.63, 3.8) is 0 Å². The van der Waals surface area contributed by atoms with Crippen molar-refractivity contribution in [1.82, 2.24) is 5.32 Å². The Bertz CT molecular complexity index is 873. The zero-order valence-electron chi connectivity index (χ0n) is 14.6. The van der Waals surface area contributed by atoms with Crippen molar-refractivity contribution >= 4 is 17.7 Å². The van der Waals surface area contributed by atoms with E-state index < -0.39 is 36.1 Å². The number of rotatable bonds is 4. The van der Waals surface area contributed by atoms with Crippen molar-refractivity contribution in [2.75, 3.05) is 11.4 Å². The SMILES string of the molecule is O=C(NCc1ccccc1C(F)(F)F)O[C@@]1(O)CCN(c2ccccc2)C1=O. The molecule has 1 aliphatic heterocycles. The maximum absolute atomic E-state index is 13.0. The first kappa shape index (κ1) is 19.7. The van der Waals surface area contributed by atoms with Crippen LogP contribution in [0.5, 0.6) is 0 Å². The number of nitrogens with one attached hydrogen (secondary N) is 1. The smallest absolute Gasteiger partial charge is 0.407 e. The Balaban J connectivity index is 1.64. The van der Waals surface area contributed by atoms with E-state index in [1.165, 1.54) is 23.1 Å².